The second kappa shape index (κ2) is 7.36. The van der Waals surface area contributed by atoms with Crippen molar-refractivity contribution in [2.45, 2.75) is 44.9 Å². The maximum atomic E-state index is 5.45. The molecule has 1 aromatic heterocycles. The van der Waals surface area contributed by atoms with E-state index in [1.807, 2.05) is 13.1 Å². The summed E-state index contributed by atoms with van der Waals surface area (Å²) >= 11 is 0. The lowest BCUT2D eigenvalue weighted by Gasteiger charge is -2.28. The van der Waals surface area contributed by atoms with Gasteiger partial charge in [-0.05, 0) is 38.4 Å². The summed E-state index contributed by atoms with van der Waals surface area (Å²) in [5.74, 6) is 1.56. The highest BCUT2D eigenvalue weighted by atomic mass is 16.5. The molecule has 0 unspecified atom stereocenters. The molecule has 0 amide bonds. The fourth-order valence-electron chi connectivity index (χ4n) is 2.83. The molecule has 0 saturated carbocycles. The van der Waals surface area contributed by atoms with Gasteiger partial charge in [-0.25, -0.2) is 0 Å². The van der Waals surface area contributed by atoms with E-state index in [4.69, 9.17) is 4.52 Å². The van der Waals surface area contributed by atoms with E-state index >= 15 is 0 Å². The monoisotopic (exact) mass is 287 g/mol. The standard InChI is InChI=1S/C17H25N3O/c1-4-17(5-2,14-10-7-6-8-11-14)16-19-15(21-20-16)12-9-13-18-3/h6-8,10-11,18H,4-5,9,12-13H2,1-3H3. The lowest BCUT2D eigenvalue weighted by Crippen LogP contribution is -2.27. The van der Waals surface area contributed by atoms with E-state index in [1.165, 1.54) is 5.56 Å². The Morgan fingerprint density at radius 2 is 1.86 bits per heavy atom. The molecule has 1 aromatic carbocycles. The van der Waals surface area contributed by atoms with Gasteiger partial charge in [0.25, 0.3) is 0 Å². The lowest BCUT2D eigenvalue weighted by molar-refractivity contribution is 0.351. The molecule has 0 fully saturated rings. The van der Waals surface area contributed by atoms with Gasteiger partial charge in [-0.15, -0.1) is 0 Å². The first-order valence-corrected chi connectivity index (χ1v) is 7.80. The van der Waals surface area contributed by atoms with E-state index in [2.05, 4.69) is 53.6 Å². The molecule has 4 nitrogen and oxygen atoms in total. The number of aromatic nitrogens is 2. The van der Waals surface area contributed by atoms with Gasteiger partial charge in [-0.2, -0.15) is 4.98 Å². The molecule has 2 rings (SSSR count). The van der Waals surface area contributed by atoms with E-state index in [0.717, 1.165) is 43.9 Å². The molecule has 0 radical (unpaired) electrons. The number of hydrogen-bond donors (Lipinski definition) is 1. The molecule has 1 N–H and O–H groups in total. The van der Waals surface area contributed by atoms with E-state index < -0.39 is 0 Å². The molecule has 2 aromatic rings. The highest BCUT2D eigenvalue weighted by Crippen LogP contribution is 2.36. The van der Waals surface area contributed by atoms with Crippen LogP contribution in [0, 0.1) is 0 Å². The van der Waals surface area contributed by atoms with Crippen molar-refractivity contribution in [1.82, 2.24) is 15.5 Å². The average molecular weight is 287 g/mol. The molecule has 0 aliphatic heterocycles. The van der Waals surface area contributed by atoms with Crippen LogP contribution in [0.5, 0.6) is 0 Å². The third-order valence-corrected chi connectivity index (χ3v) is 4.25. The smallest absolute Gasteiger partial charge is 0.226 e. The van der Waals surface area contributed by atoms with Gasteiger partial charge < -0.3 is 9.84 Å². The molecule has 1 heterocycles. The predicted octanol–water partition coefficient (Wildman–Crippen LogP) is 3.33. The first kappa shape index (κ1) is 15.7. The molecule has 0 spiro atoms. The summed E-state index contributed by atoms with van der Waals surface area (Å²) in [5, 5.41) is 7.41. The summed E-state index contributed by atoms with van der Waals surface area (Å²) in [4.78, 5) is 4.67. The Hall–Kier alpha value is -1.68. The Morgan fingerprint density at radius 3 is 2.48 bits per heavy atom. The first-order chi connectivity index (χ1) is 10.3. The van der Waals surface area contributed by atoms with Gasteiger partial charge in [0.2, 0.25) is 5.89 Å². The quantitative estimate of drug-likeness (QED) is 0.757. The number of hydrogen-bond acceptors (Lipinski definition) is 4. The minimum Gasteiger partial charge on any atom is -0.339 e. The summed E-state index contributed by atoms with van der Waals surface area (Å²) < 4.78 is 5.45. The van der Waals surface area contributed by atoms with Gasteiger partial charge in [0.15, 0.2) is 5.82 Å². The van der Waals surface area contributed by atoms with Crippen molar-refractivity contribution in [3.63, 3.8) is 0 Å². The maximum Gasteiger partial charge on any atom is 0.226 e. The van der Waals surface area contributed by atoms with E-state index in [0.29, 0.717) is 0 Å². The van der Waals surface area contributed by atoms with Gasteiger partial charge in [0.1, 0.15) is 0 Å². The zero-order chi connectivity index (χ0) is 15.1. The van der Waals surface area contributed by atoms with Crippen LogP contribution in [0.15, 0.2) is 34.9 Å². The third-order valence-electron chi connectivity index (χ3n) is 4.25. The molecule has 114 valence electrons. The van der Waals surface area contributed by atoms with Crippen molar-refractivity contribution in [3.8, 4) is 0 Å². The van der Waals surface area contributed by atoms with E-state index in [-0.39, 0.29) is 5.41 Å². The zero-order valence-electron chi connectivity index (χ0n) is 13.2. The number of aryl methyl sites for hydroxylation is 1. The summed E-state index contributed by atoms with van der Waals surface area (Å²) in [6.07, 6.45) is 3.76. The molecule has 21 heavy (non-hydrogen) atoms. The van der Waals surface area contributed by atoms with Crippen LogP contribution in [0.2, 0.25) is 0 Å². The number of rotatable bonds is 8. The van der Waals surface area contributed by atoms with Crippen molar-refractivity contribution in [1.29, 1.82) is 0 Å². The van der Waals surface area contributed by atoms with Crippen LogP contribution in [-0.4, -0.2) is 23.7 Å². The highest BCUT2D eigenvalue weighted by Gasteiger charge is 2.35. The second-order valence-electron chi connectivity index (χ2n) is 5.37. The number of benzene rings is 1. The summed E-state index contributed by atoms with van der Waals surface area (Å²) in [5.41, 5.74) is 1.11. The van der Waals surface area contributed by atoms with Crippen LogP contribution in [0.25, 0.3) is 0 Å². The Kier molecular flexibility index (Phi) is 5.51. The molecule has 0 aliphatic carbocycles. The number of nitrogens with zero attached hydrogens (tertiary/aromatic N) is 2. The van der Waals surface area contributed by atoms with E-state index in [1.54, 1.807) is 0 Å². The normalized spacial score (nSPS) is 11.8. The summed E-state index contributed by atoms with van der Waals surface area (Å²) in [6.45, 7) is 5.34. The highest BCUT2D eigenvalue weighted by molar-refractivity contribution is 5.32. The maximum absolute atomic E-state index is 5.45. The SMILES string of the molecule is CCC(CC)(c1ccccc1)c1noc(CCCNC)n1. The molecule has 4 heteroatoms. The predicted molar refractivity (Wildman–Crippen MR) is 84.3 cm³/mol. The Bertz CT molecular complexity index is 532. The summed E-state index contributed by atoms with van der Waals surface area (Å²) in [7, 11) is 1.95. The van der Waals surface area contributed by atoms with Crippen molar-refractivity contribution < 1.29 is 4.52 Å². The molecular weight excluding hydrogens is 262 g/mol. The topological polar surface area (TPSA) is 51.0 Å². The van der Waals surface area contributed by atoms with Crippen molar-refractivity contribution in [2.24, 2.45) is 0 Å². The summed E-state index contributed by atoms with van der Waals surface area (Å²) in [6, 6.07) is 10.5. The molecule has 0 atom stereocenters. The third kappa shape index (κ3) is 3.32. The van der Waals surface area contributed by atoms with Gasteiger partial charge >= 0.3 is 0 Å². The van der Waals surface area contributed by atoms with Crippen LogP contribution < -0.4 is 5.32 Å². The van der Waals surface area contributed by atoms with Gasteiger partial charge in [-0.1, -0.05) is 49.3 Å². The number of nitrogens with one attached hydrogen (secondary N) is 1. The second-order valence-corrected chi connectivity index (χ2v) is 5.37. The van der Waals surface area contributed by atoms with Crippen molar-refractivity contribution in [3.05, 3.63) is 47.6 Å². The van der Waals surface area contributed by atoms with E-state index in [9.17, 15) is 0 Å². The fraction of sp³-hybridized carbons (Fsp3) is 0.529. The lowest BCUT2D eigenvalue weighted by atomic mass is 9.75. The zero-order valence-corrected chi connectivity index (χ0v) is 13.2. The van der Waals surface area contributed by atoms with Crippen LogP contribution in [0.3, 0.4) is 0 Å². The Balaban J connectivity index is 2.27. The molecule has 0 bridgehead atoms. The molecule has 0 saturated heterocycles. The first-order valence-electron chi connectivity index (χ1n) is 7.80. The van der Waals surface area contributed by atoms with Crippen LogP contribution in [-0.2, 0) is 11.8 Å². The molecule has 0 aliphatic rings. The van der Waals surface area contributed by atoms with Gasteiger partial charge in [0.05, 0.1) is 5.41 Å². The van der Waals surface area contributed by atoms with Crippen LogP contribution >= 0.6 is 0 Å². The van der Waals surface area contributed by atoms with Gasteiger partial charge in [-0.3, -0.25) is 0 Å². The van der Waals surface area contributed by atoms with Crippen LogP contribution in [0.4, 0.5) is 0 Å². The minimum absolute atomic E-state index is 0.147. The van der Waals surface area contributed by atoms with Crippen molar-refractivity contribution >= 4 is 0 Å². The largest absolute Gasteiger partial charge is 0.339 e. The minimum atomic E-state index is -0.147. The average Bonchev–Trinajstić information content (AvgIpc) is 3.00. The molecular formula is C17H25N3O. The Morgan fingerprint density at radius 1 is 1.14 bits per heavy atom. The fourth-order valence-corrected chi connectivity index (χ4v) is 2.83. The van der Waals surface area contributed by atoms with Crippen LogP contribution in [0.1, 0.15) is 50.4 Å². The van der Waals surface area contributed by atoms with Crippen molar-refractivity contribution in [2.75, 3.05) is 13.6 Å². The Labute approximate surface area is 127 Å². The van der Waals surface area contributed by atoms with Gasteiger partial charge in [0, 0.05) is 6.42 Å².